The minimum atomic E-state index is -0.781. The smallest absolute Gasteiger partial charge is 0.306 e. The molecule has 0 aromatic rings. The van der Waals surface area contributed by atoms with Gasteiger partial charge in [-0.3, -0.25) is 9.59 Å². The molecule has 0 aliphatic heterocycles. The molecule has 0 aliphatic carbocycles. The summed E-state index contributed by atoms with van der Waals surface area (Å²) in [6, 6.07) is -0.695. The Morgan fingerprint density at radius 2 is 0.774 bits per heavy atom. The summed E-state index contributed by atoms with van der Waals surface area (Å²) in [5.41, 5.74) is 0. The molecule has 3 atom stereocenters. The van der Waals surface area contributed by atoms with Crippen LogP contribution in [0.15, 0.2) is 12.2 Å². The number of aliphatic hydroxyl groups is 2. The Hall–Kier alpha value is -1.40. The van der Waals surface area contributed by atoms with Gasteiger partial charge in [-0.05, 0) is 51.4 Å². The number of carbonyl (C=O) groups is 2. The molecule has 0 aromatic heterocycles. The molecule has 368 valence electrons. The molecule has 0 saturated heterocycles. The van der Waals surface area contributed by atoms with Crippen LogP contribution in [0.2, 0.25) is 0 Å². The summed E-state index contributed by atoms with van der Waals surface area (Å²) in [4.78, 5) is 26.2. The van der Waals surface area contributed by atoms with E-state index < -0.39 is 18.2 Å². The molecule has 0 aliphatic rings. The molecular weight excluding hydrogens is 767 g/mol. The second-order valence-electron chi connectivity index (χ2n) is 19.3. The molecular formula is C56H109NO5. The molecule has 0 heterocycles. The molecule has 0 saturated carbocycles. The van der Waals surface area contributed by atoms with Gasteiger partial charge in [0.25, 0.3) is 0 Å². The van der Waals surface area contributed by atoms with E-state index in [0.717, 1.165) is 44.9 Å². The van der Waals surface area contributed by atoms with Gasteiger partial charge in [-0.25, -0.2) is 0 Å². The van der Waals surface area contributed by atoms with Gasteiger partial charge in [0.2, 0.25) is 5.91 Å². The van der Waals surface area contributed by atoms with E-state index in [1.54, 1.807) is 0 Å². The zero-order valence-corrected chi connectivity index (χ0v) is 42.0. The number of aliphatic hydroxyl groups excluding tert-OH is 2. The zero-order valence-electron chi connectivity index (χ0n) is 42.0. The van der Waals surface area contributed by atoms with Crippen molar-refractivity contribution in [1.29, 1.82) is 0 Å². The van der Waals surface area contributed by atoms with E-state index in [1.165, 1.54) is 218 Å². The summed E-state index contributed by atoms with van der Waals surface area (Å²) in [7, 11) is 0. The summed E-state index contributed by atoms with van der Waals surface area (Å²) >= 11 is 0. The molecule has 0 radical (unpaired) electrons. The molecule has 0 fully saturated rings. The maximum Gasteiger partial charge on any atom is 0.306 e. The second-order valence-corrected chi connectivity index (χ2v) is 19.3. The van der Waals surface area contributed by atoms with Gasteiger partial charge < -0.3 is 20.3 Å². The Morgan fingerprint density at radius 3 is 1.15 bits per heavy atom. The third-order valence-corrected chi connectivity index (χ3v) is 13.1. The topological polar surface area (TPSA) is 95.9 Å². The van der Waals surface area contributed by atoms with Crippen LogP contribution in [-0.4, -0.2) is 46.9 Å². The van der Waals surface area contributed by atoms with Crippen LogP contribution in [0.3, 0.4) is 0 Å². The van der Waals surface area contributed by atoms with Gasteiger partial charge in [0.05, 0.1) is 25.2 Å². The minimum Gasteiger partial charge on any atom is -0.462 e. The lowest BCUT2D eigenvalue weighted by Crippen LogP contribution is -2.46. The highest BCUT2D eigenvalue weighted by molar-refractivity contribution is 5.77. The fraction of sp³-hybridized carbons (Fsp3) is 0.929. The van der Waals surface area contributed by atoms with E-state index in [9.17, 15) is 19.8 Å². The number of amides is 1. The number of rotatable bonds is 51. The first-order valence-electron chi connectivity index (χ1n) is 27.9. The van der Waals surface area contributed by atoms with E-state index in [1.807, 2.05) is 0 Å². The number of ether oxygens (including phenoxy) is 1. The maximum absolute atomic E-state index is 13.2. The van der Waals surface area contributed by atoms with Crippen LogP contribution in [0.25, 0.3) is 0 Å². The first-order valence-corrected chi connectivity index (χ1v) is 27.9. The van der Waals surface area contributed by atoms with Crippen LogP contribution >= 0.6 is 0 Å². The second kappa shape index (κ2) is 50.6. The molecule has 0 aromatic carbocycles. The molecule has 0 rings (SSSR count). The van der Waals surface area contributed by atoms with Crippen LogP contribution in [0, 0.1) is 0 Å². The molecule has 0 spiro atoms. The van der Waals surface area contributed by atoms with Crippen LogP contribution in [-0.2, 0) is 14.3 Å². The normalized spacial score (nSPS) is 13.2. The quantitative estimate of drug-likeness (QED) is 0.0321. The van der Waals surface area contributed by atoms with Gasteiger partial charge in [0.15, 0.2) is 0 Å². The lowest BCUT2D eigenvalue weighted by molar-refractivity contribution is -0.151. The van der Waals surface area contributed by atoms with Gasteiger partial charge >= 0.3 is 5.97 Å². The van der Waals surface area contributed by atoms with Crippen molar-refractivity contribution < 1.29 is 24.5 Å². The monoisotopic (exact) mass is 876 g/mol. The van der Waals surface area contributed by atoms with E-state index in [-0.39, 0.29) is 24.9 Å². The third-order valence-electron chi connectivity index (χ3n) is 13.1. The van der Waals surface area contributed by atoms with Gasteiger partial charge in [-0.15, -0.1) is 0 Å². The van der Waals surface area contributed by atoms with Crippen LogP contribution in [0.5, 0.6) is 0 Å². The number of unbranched alkanes of at least 4 members (excludes halogenated alkanes) is 37. The maximum atomic E-state index is 13.2. The average Bonchev–Trinajstić information content (AvgIpc) is 3.26. The van der Waals surface area contributed by atoms with Crippen molar-refractivity contribution in [2.45, 2.75) is 328 Å². The van der Waals surface area contributed by atoms with E-state index >= 15 is 0 Å². The molecule has 6 nitrogen and oxygen atoms in total. The van der Waals surface area contributed by atoms with Gasteiger partial charge in [0, 0.05) is 6.42 Å². The highest BCUT2D eigenvalue weighted by Gasteiger charge is 2.24. The summed E-state index contributed by atoms with van der Waals surface area (Å²) in [5, 5.41) is 23.7. The summed E-state index contributed by atoms with van der Waals surface area (Å²) in [6.45, 7) is 6.50. The highest BCUT2D eigenvalue weighted by Crippen LogP contribution is 2.19. The lowest BCUT2D eigenvalue weighted by Gasteiger charge is -2.24. The van der Waals surface area contributed by atoms with E-state index in [4.69, 9.17) is 4.74 Å². The summed E-state index contributed by atoms with van der Waals surface area (Å²) in [6.07, 6.45) is 57.1. The standard InChI is InChI=1S/C56H109NO5/c1-4-7-10-13-16-19-21-23-25-27-29-31-33-36-38-41-44-47-52(50-55(60)57-53(51-58)54(59)48-45-42-39-35-18-15-12-9-6-3)62-56(61)49-46-43-40-37-34-32-30-28-26-24-22-20-17-14-11-8-5-2/h24,26,52-54,58-59H,4-23,25,27-51H2,1-3H3,(H,57,60)/b26-24+. The predicted molar refractivity (Wildman–Crippen MR) is 269 cm³/mol. The predicted octanol–water partition coefficient (Wildman–Crippen LogP) is 16.9. The number of hydrogen-bond acceptors (Lipinski definition) is 5. The first kappa shape index (κ1) is 60.6. The van der Waals surface area contributed by atoms with Crippen LogP contribution in [0.4, 0.5) is 0 Å². The van der Waals surface area contributed by atoms with Gasteiger partial charge in [-0.2, -0.15) is 0 Å². The number of hydrogen-bond donors (Lipinski definition) is 3. The summed E-state index contributed by atoms with van der Waals surface area (Å²) < 4.78 is 5.96. The zero-order chi connectivity index (χ0) is 45.2. The Kier molecular flexibility index (Phi) is 49.5. The number of esters is 1. The Bertz CT molecular complexity index is 939. The number of allylic oxidation sites excluding steroid dienone is 2. The molecule has 62 heavy (non-hydrogen) atoms. The van der Waals surface area contributed by atoms with Crippen molar-refractivity contribution in [2.75, 3.05) is 6.61 Å². The first-order chi connectivity index (χ1) is 30.5. The van der Waals surface area contributed by atoms with Crippen LogP contribution in [0.1, 0.15) is 310 Å². The number of carbonyl (C=O) groups excluding carboxylic acids is 2. The van der Waals surface area contributed by atoms with Crippen LogP contribution < -0.4 is 5.32 Å². The minimum absolute atomic E-state index is 0.0834. The Labute approximate surface area is 387 Å². The fourth-order valence-corrected chi connectivity index (χ4v) is 8.84. The lowest BCUT2D eigenvalue weighted by atomic mass is 10.0. The van der Waals surface area contributed by atoms with Crippen molar-refractivity contribution in [3.8, 4) is 0 Å². The molecule has 0 bridgehead atoms. The van der Waals surface area contributed by atoms with Crippen molar-refractivity contribution >= 4 is 11.9 Å². The molecule has 3 unspecified atom stereocenters. The van der Waals surface area contributed by atoms with Crippen molar-refractivity contribution in [1.82, 2.24) is 5.32 Å². The summed E-state index contributed by atoms with van der Waals surface area (Å²) in [5.74, 6) is -0.458. The van der Waals surface area contributed by atoms with Gasteiger partial charge in [-0.1, -0.05) is 258 Å². The Balaban J connectivity index is 4.49. The number of nitrogens with one attached hydrogen (secondary N) is 1. The van der Waals surface area contributed by atoms with E-state index in [0.29, 0.717) is 19.3 Å². The highest BCUT2D eigenvalue weighted by atomic mass is 16.5. The molecule has 1 amide bonds. The van der Waals surface area contributed by atoms with Crippen molar-refractivity contribution in [3.63, 3.8) is 0 Å². The van der Waals surface area contributed by atoms with Gasteiger partial charge in [0.1, 0.15) is 6.10 Å². The fourth-order valence-electron chi connectivity index (χ4n) is 8.84. The van der Waals surface area contributed by atoms with Crippen molar-refractivity contribution in [2.24, 2.45) is 0 Å². The molecule has 3 N–H and O–H groups in total. The van der Waals surface area contributed by atoms with E-state index in [2.05, 4.69) is 38.2 Å². The van der Waals surface area contributed by atoms with Crippen molar-refractivity contribution in [3.05, 3.63) is 12.2 Å². The largest absolute Gasteiger partial charge is 0.462 e. The average molecular weight is 876 g/mol. The SMILES string of the molecule is CCCCCCCC/C=C/CCCCCCCCCC(=O)OC(CCCCCCCCCCCCCCCCCCC)CC(=O)NC(CO)C(O)CCCCCCCCCCC. The Morgan fingerprint density at radius 1 is 0.452 bits per heavy atom. The third kappa shape index (κ3) is 45.2. The molecule has 6 heteroatoms.